The van der Waals surface area contributed by atoms with Gasteiger partial charge in [0.25, 0.3) is 0 Å². The topological polar surface area (TPSA) is 95.7 Å². The van der Waals surface area contributed by atoms with Gasteiger partial charge in [0.05, 0.1) is 6.10 Å². The van der Waals surface area contributed by atoms with Crippen LogP contribution in [0.1, 0.15) is 26.2 Å². The average molecular weight is 241 g/mol. The van der Waals surface area contributed by atoms with E-state index in [2.05, 4.69) is 5.32 Å². The van der Waals surface area contributed by atoms with Gasteiger partial charge in [0.15, 0.2) is 0 Å². The Morgan fingerprint density at radius 1 is 1.59 bits per heavy atom. The van der Waals surface area contributed by atoms with Crippen LogP contribution in [-0.2, 0) is 9.59 Å². The summed E-state index contributed by atoms with van der Waals surface area (Å²) >= 11 is 0. The van der Waals surface area contributed by atoms with Gasteiger partial charge in [-0.25, -0.2) is 0 Å². The Morgan fingerprint density at radius 3 is 2.71 bits per heavy atom. The third-order valence-electron chi connectivity index (χ3n) is 3.84. The quantitative estimate of drug-likeness (QED) is 0.528. The molecule has 2 rings (SSSR count). The number of nitrogens with two attached hydrogens (primary N) is 1. The number of nitrogens with one attached hydrogen (secondary N) is 1. The van der Waals surface area contributed by atoms with E-state index < -0.39 is 23.6 Å². The van der Waals surface area contributed by atoms with Crippen LogP contribution < -0.4 is 11.1 Å². The number of aliphatic hydroxyl groups excluding tert-OH is 1. The van der Waals surface area contributed by atoms with Crippen LogP contribution in [0.5, 0.6) is 0 Å². The fraction of sp³-hybridized carbons (Fsp3) is 0.818. The Balaban J connectivity index is 2.27. The Kier molecular flexibility index (Phi) is 3.09. The van der Waals surface area contributed by atoms with Gasteiger partial charge in [0.1, 0.15) is 11.6 Å². The van der Waals surface area contributed by atoms with E-state index in [-0.39, 0.29) is 5.91 Å². The highest BCUT2D eigenvalue weighted by Gasteiger charge is 2.55. The lowest BCUT2D eigenvalue weighted by Crippen LogP contribution is -2.77. The summed E-state index contributed by atoms with van der Waals surface area (Å²) in [6, 6.07) is -0.777. The zero-order valence-electron chi connectivity index (χ0n) is 9.98. The number of amides is 2. The third-order valence-corrected chi connectivity index (χ3v) is 3.84. The number of primary amides is 1. The molecule has 0 aromatic heterocycles. The summed E-state index contributed by atoms with van der Waals surface area (Å²) in [7, 11) is 0. The second kappa shape index (κ2) is 4.27. The maximum atomic E-state index is 11.8. The second-order valence-corrected chi connectivity index (χ2v) is 4.95. The first-order chi connectivity index (χ1) is 7.99. The summed E-state index contributed by atoms with van der Waals surface area (Å²) in [6.07, 6.45) is 1.76. The summed E-state index contributed by atoms with van der Waals surface area (Å²) in [4.78, 5) is 25.0. The highest BCUT2D eigenvalue weighted by atomic mass is 16.3. The molecule has 17 heavy (non-hydrogen) atoms. The molecule has 1 unspecified atom stereocenters. The first kappa shape index (κ1) is 12.3. The zero-order valence-corrected chi connectivity index (χ0v) is 9.98. The maximum Gasteiger partial charge on any atom is 0.242 e. The van der Waals surface area contributed by atoms with Crippen molar-refractivity contribution in [3.8, 4) is 0 Å². The molecule has 96 valence electrons. The van der Waals surface area contributed by atoms with E-state index in [4.69, 9.17) is 5.73 Å². The molecule has 2 amide bonds. The molecule has 2 aliphatic rings. The number of carbonyl (C=O) groups excluding carboxylic acids is 2. The molecule has 0 bridgehead atoms. The van der Waals surface area contributed by atoms with Crippen molar-refractivity contribution in [1.82, 2.24) is 10.2 Å². The van der Waals surface area contributed by atoms with E-state index in [1.165, 1.54) is 6.92 Å². The molecule has 6 heteroatoms. The molecule has 4 N–H and O–H groups in total. The molecule has 2 heterocycles. The predicted molar refractivity (Wildman–Crippen MR) is 61.0 cm³/mol. The number of nitrogens with zero attached hydrogens (tertiary/aromatic N) is 1. The van der Waals surface area contributed by atoms with Gasteiger partial charge in [-0.2, -0.15) is 0 Å². The van der Waals surface area contributed by atoms with Gasteiger partial charge in [-0.15, -0.1) is 0 Å². The standard InChI is InChI=1S/C11H19N3O3/c1-7(15)8(9(12)16)14-5-3-2-4-11(14)6-13-10(11)17/h7-8,15H,2-6H2,1H3,(H2,12,16)(H,13,17)/t7-,8+,11?/m1/s1. The van der Waals surface area contributed by atoms with Crippen molar-refractivity contribution in [2.24, 2.45) is 5.73 Å². The third kappa shape index (κ3) is 1.81. The molecule has 2 saturated heterocycles. The molecule has 0 aromatic rings. The summed E-state index contributed by atoms with van der Waals surface area (Å²) in [5.41, 5.74) is 4.73. The van der Waals surface area contributed by atoms with Gasteiger partial charge >= 0.3 is 0 Å². The molecular weight excluding hydrogens is 222 g/mol. The monoisotopic (exact) mass is 241 g/mol. The average Bonchev–Trinajstić information content (AvgIpc) is 2.27. The van der Waals surface area contributed by atoms with Crippen LogP contribution in [0.2, 0.25) is 0 Å². The van der Waals surface area contributed by atoms with Crippen molar-refractivity contribution in [2.75, 3.05) is 13.1 Å². The fourth-order valence-corrected chi connectivity index (χ4v) is 2.91. The zero-order chi connectivity index (χ0) is 12.6. The molecule has 1 spiro atoms. The highest BCUT2D eigenvalue weighted by Crippen LogP contribution is 2.34. The van der Waals surface area contributed by atoms with Crippen LogP contribution in [0.25, 0.3) is 0 Å². The van der Waals surface area contributed by atoms with Crippen LogP contribution in [-0.4, -0.2) is 52.6 Å². The van der Waals surface area contributed by atoms with Crippen molar-refractivity contribution >= 4 is 11.8 Å². The maximum absolute atomic E-state index is 11.8. The largest absolute Gasteiger partial charge is 0.391 e. The van der Waals surface area contributed by atoms with Crippen LogP contribution >= 0.6 is 0 Å². The SMILES string of the molecule is C[C@@H](O)[C@@H](C(N)=O)N1CCCCC12CNC2=O. The minimum atomic E-state index is -0.865. The number of β-lactam (4-membered cyclic amide) rings is 1. The van der Waals surface area contributed by atoms with Gasteiger partial charge in [-0.05, 0) is 26.2 Å². The molecule has 2 aliphatic heterocycles. The molecule has 3 atom stereocenters. The molecule has 0 saturated carbocycles. The lowest BCUT2D eigenvalue weighted by molar-refractivity contribution is -0.156. The Labute approximate surface area is 100 Å². The van der Waals surface area contributed by atoms with Crippen molar-refractivity contribution in [3.63, 3.8) is 0 Å². The van der Waals surface area contributed by atoms with E-state index in [1.807, 2.05) is 0 Å². The number of aliphatic hydroxyl groups is 1. The summed E-state index contributed by atoms with van der Waals surface area (Å²) in [6.45, 7) is 2.71. The van der Waals surface area contributed by atoms with Crippen LogP contribution in [0.3, 0.4) is 0 Å². The molecule has 0 radical (unpaired) electrons. The first-order valence-corrected chi connectivity index (χ1v) is 6.01. The Bertz CT molecular complexity index is 345. The van der Waals surface area contributed by atoms with Crippen molar-refractivity contribution < 1.29 is 14.7 Å². The summed E-state index contributed by atoms with van der Waals surface area (Å²) < 4.78 is 0. The first-order valence-electron chi connectivity index (χ1n) is 6.01. The van der Waals surface area contributed by atoms with E-state index in [1.54, 1.807) is 4.90 Å². The molecule has 0 aliphatic carbocycles. The number of hydrogen-bond acceptors (Lipinski definition) is 4. The smallest absolute Gasteiger partial charge is 0.242 e. The lowest BCUT2D eigenvalue weighted by atomic mass is 9.79. The number of likely N-dealkylation sites (tertiary alicyclic amines) is 1. The van der Waals surface area contributed by atoms with E-state index in [0.29, 0.717) is 13.1 Å². The normalized spacial score (nSPS) is 32.7. The van der Waals surface area contributed by atoms with E-state index >= 15 is 0 Å². The van der Waals surface area contributed by atoms with Crippen LogP contribution in [0.15, 0.2) is 0 Å². The number of hydrogen-bond donors (Lipinski definition) is 3. The van der Waals surface area contributed by atoms with Gasteiger partial charge in [-0.1, -0.05) is 0 Å². The molecule has 0 aromatic carbocycles. The van der Waals surface area contributed by atoms with Gasteiger partial charge < -0.3 is 16.2 Å². The Morgan fingerprint density at radius 2 is 2.29 bits per heavy atom. The number of carbonyl (C=O) groups is 2. The molecular formula is C11H19N3O3. The molecule has 6 nitrogen and oxygen atoms in total. The second-order valence-electron chi connectivity index (χ2n) is 4.95. The van der Waals surface area contributed by atoms with Gasteiger partial charge in [0.2, 0.25) is 11.8 Å². The highest BCUT2D eigenvalue weighted by molar-refractivity contribution is 5.93. The van der Waals surface area contributed by atoms with E-state index in [9.17, 15) is 14.7 Å². The van der Waals surface area contributed by atoms with Crippen molar-refractivity contribution in [3.05, 3.63) is 0 Å². The number of rotatable bonds is 3. The molecule has 2 fully saturated rings. The van der Waals surface area contributed by atoms with Gasteiger partial charge in [-0.3, -0.25) is 14.5 Å². The fourth-order valence-electron chi connectivity index (χ4n) is 2.91. The summed E-state index contributed by atoms with van der Waals surface area (Å²) in [5.74, 6) is -0.620. The minimum Gasteiger partial charge on any atom is -0.391 e. The van der Waals surface area contributed by atoms with Gasteiger partial charge in [0, 0.05) is 13.1 Å². The van der Waals surface area contributed by atoms with E-state index in [0.717, 1.165) is 19.3 Å². The van der Waals surface area contributed by atoms with Crippen molar-refractivity contribution in [2.45, 2.75) is 43.9 Å². The predicted octanol–water partition coefficient (Wildman–Crippen LogP) is -1.42. The van der Waals surface area contributed by atoms with Crippen LogP contribution in [0, 0.1) is 0 Å². The van der Waals surface area contributed by atoms with Crippen molar-refractivity contribution in [1.29, 1.82) is 0 Å². The Hall–Kier alpha value is -1.14. The lowest BCUT2D eigenvalue weighted by Gasteiger charge is -2.54. The van der Waals surface area contributed by atoms with Crippen LogP contribution in [0.4, 0.5) is 0 Å². The number of piperidine rings is 1. The minimum absolute atomic E-state index is 0.0518. The summed E-state index contributed by atoms with van der Waals surface area (Å²) in [5, 5.41) is 12.4.